The molecular formula is C23H26N2O3. The van der Waals surface area contributed by atoms with Gasteiger partial charge in [0.1, 0.15) is 11.3 Å². The van der Waals surface area contributed by atoms with Gasteiger partial charge in [-0.3, -0.25) is 9.59 Å². The van der Waals surface area contributed by atoms with E-state index in [1.54, 1.807) is 23.1 Å². The number of phenols is 1. The minimum Gasteiger partial charge on any atom is -0.508 e. The highest BCUT2D eigenvalue weighted by molar-refractivity contribution is 6.00. The lowest BCUT2D eigenvalue weighted by Gasteiger charge is -2.44. The number of hydrogen-bond acceptors (Lipinski definition) is 3. The first kappa shape index (κ1) is 18.5. The Bertz CT molecular complexity index is 867. The molecule has 0 radical (unpaired) electrons. The van der Waals surface area contributed by atoms with Crippen LogP contribution in [0.25, 0.3) is 0 Å². The molecule has 0 bridgehead atoms. The quantitative estimate of drug-likeness (QED) is 0.889. The standard InChI is InChI=1S/C23H26N2O3/c26-20-10-4-9-19(17-20)21(27)25-15-6-13-23(25)12-5-14-24(22(23)28)16-11-18-7-2-1-3-8-18/h1-4,7-10,17,26H,5-6,11-16H2. The van der Waals surface area contributed by atoms with Crippen LogP contribution in [0.3, 0.4) is 0 Å². The second-order valence-electron chi connectivity index (χ2n) is 7.77. The lowest BCUT2D eigenvalue weighted by molar-refractivity contribution is -0.145. The monoisotopic (exact) mass is 378 g/mol. The number of carbonyl (C=O) groups excluding carboxylic acids is 2. The van der Waals surface area contributed by atoms with Gasteiger partial charge in [-0.2, -0.15) is 0 Å². The van der Waals surface area contributed by atoms with Crippen LogP contribution in [0.4, 0.5) is 0 Å². The van der Waals surface area contributed by atoms with Gasteiger partial charge in [0.15, 0.2) is 0 Å². The third kappa shape index (κ3) is 3.37. The Kier molecular flexibility index (Phi) is 5.07. The van der Waals surface area contributed by atoms with Gasteiger partial charge in [-0.15, -0.1) is 0 Å². The molecule has 2 fully saturated rings. The highest BCUT2D eigenvalue weighted by Gasteiger charge is 2.52. The molecule has 4 rings (SSSR count). The van der Waals surface area contributed by atoms with E-state index in [1.807, 2.05) is 23.1 Å². The van der Waals surface area contributed by atoms with Crippen molar-refractivity contribution in [3.05, 3.63) is 65.7 Å². The lowest BCUT2D eigenvalue weighted by Crippen LogP contribution is -2.61. The molecule has 1 N–H and O–H groups in total. The van der Waals surface area contributed by atoms with Gasteiger partial charge in [0.25, 0.3) is 5.91 Å². The number of hydrogen-bond donors (Lipinski definition) is 1. The number of rotatable bonds is 4. The zero-order chi connectivity index (χ0) is 19.6. The van der Waals surface area contributed by atoms with Crippen LogP contribution in [-0.4, -0.2) is 51.9 Å². The lowest BCUT2D eigenvalue weighted by atomic mass is 9.84. The van der Waals surface area contributed by atoms with Gasteiger partial charge in [-0.1, -0.05) is 36.4 Å². The van der Waals surface area contributed by atoms with Crippen LogP contribution in [0, 0.1) is 0 Å². The van der Waals surface area contributed by atoms with Gasteiger partial charge >= 0.3 is 0 Å². The first-order valence-corrected chi connectivity index (χ1v) is 10.0. The van der Waals surface area contributed by atoms with Crippen molar-refractivity contribution in [1.29, 1.82) is 0 Å². The largest absolute Gasteiger partial charge is 0.508 e. The highest BCUT2D eigenvalue weighted by atomic mass is 16.3. The number of piperidine rings is 1. The molecule has 2 amide bonds. The number of benzene rings is 2. The summed E-state index contributed by atoms with van der Waals surface area (Å²) in [6.07, 6.45) is 4.01. The van der Waals surface area contributed by atoms with Crippen molar-refractivity contribution >= 4 is 11.8 Å². The summed E-state index contributed by atoms with van der Waals surface area (Å²) in [5.41, 5.74) is 0.932. The summed E-state index contributed by atoms with van der Waals surface area (Å²) in [7, 11) is 0. The third-order valence-electron chi connectivity index (χ3n) is 6.04. The maximum Gasteiger partial charge on any atom is 0.254 e. The molecule has 2 heterocycles. The molecule has 0 aromatic heterocycles. The van der Waals surface area contributed by atoms with E-state index in [0.717, 1.165) is 38.6 Å². The van der Waals surface area contributed by atoms with E-state index < -0.39 is 5.54 Å². The molecule has 2 aromatic carbocycles. The molecule has 28 heavy (non-hydrogen) atoms. The molecule has 0 saturated carbocycles. The van der Waals surface area contributed by atoms with Crippen molar-refractivity contribution < 1.29 is 14.7 Å². The molecule has 1 unspecified atom stereocenters. The molecule has 2 aliphatic rings. The fraction of sp³-hybridized carbons (Fsp3) is 0.391. The van der Waals surface area contributed by atoms with Gasteiger partial charge in [0, 0.05) is 25.2 Å². The molecule has 146 valence electrons. The summed E-state index contributed by atoms with van der Waals surface area (Å²) in [6.45, 7) is 2.02. The van der Waals surface area contributed by atoms with E-state index in [9.17, 15) is 14.7 Å². The zero-order valence-corrected chi connectivity index (χ0v) is 16.0. The predicted molar refractivity (Wildman–Crippen MR) is 107 cm³/mol. The Morgan fingerprint density at radius 3 is 2.50 bits per heavy atom. The van der Waals surface area contributed by atoms with E-state index in [1.165, 1.54) is 11.6 Å². The summed E-state index contributed by atoms with van der Waals surface area (Å²) < 4.78 is 0. The van der Waals surface area contributed by atoms with Crippen molar-refractivity contribution in [2.45, 2.75) is 37.6 Å². The van der Waals surface area contributed by atoms with E-state index in [4.69, 9.17) is 0 Å². The zero-order valence-electron chi connectivity index (χ0n) is 16.0. The molecule has 5 nitrogen and oxygen atoms in total. The van der Waals surface area contributed by atoms with Crippen molar-refractivity contribution in [3.63, 3.8) is 0 Å². The fourth-order valence-corrected chi connectivity index (χ4v) is 4.64. The number of phenolic OH excluding ortho intramolecular Hbond substituents is 1. The van der Waals surface area contributed by atoms with E-state index in [-0.39, 0.29) is 17.6 Å². The first-order valence-electron chi connectivity index (χ1n) is 10.0. The normalized spacial score (nSPS) is 22.1. The molecule has 5 heteroatoms. The minimum absolute atomic E-state index is 0.0681. The van der Waals surface area contributed by atoms with E-state index in [0.29, 0.717) is 18.7 Å². The number of nitrogens with zero attached hydrogens (tertiary/aromatic N) is 2. The first-order chi connectivity index (χ1) is 13.6. The number of carbonyl (C=O) groups is 2. The second-order valence-corrected chi connectivity index (χ2v) is 7.77. The summed E-state index contributed by atoms with van der Waals surface area (Å²) >= 11 is 0. The van der Waals surface area contributed by atoms with Crippen molar-refractivity contribution in [2.24, 2.45) is 0 Å². The molecular weight excluding hydrogens is 352 g/mol. The Hall–Kier alpha value is -2.82. The second kappa shape index (κ2) is 7.66. The third-order valence-corrected chi connectivity index (χ3v) is 6.04. The smallest absolute Gasteiger partial charge is 0.254 e. The highest BCUT2D eigenvalue weighted by Crippen LogP contribution is 2.39. The van der Waals surface area contributed by atoms with Crippen molar-refractivity contribution in [1.82, 2.24) is 9.80 Å². The molecule has 2 saturated heterocycles. The maximum absolute atomic E-state index is 13.5. The summed E-state index contributed by atoms with van der Waals surface area (Å²) in [5.74, 6) is -0.00843. The number of amides is 2. The summed E-state index contributed by atoms with van der Waals surface area (Å²) in [6, 6.07) is 16.6. The Morgan fingerprint density at radius 1 is 1.00 bits per heavy atom. The summed E-state index contributed by atoms with van der Waals surface area (Å²) in [4.78, 5) is 30.3. The van der Waals surface area contributed by atoms with Crippen LogP contribution < -0.4 is 0 Å². The minimum atomic E-state index is -0.725. The molecule has 2 aliphatic heterocycles. The molecule has 0 aliphatic carbocycles. The number of likely N-dealkylation sites (tertiary alicyclic amines) is 2. The Morgan fingerprint density at radius 2 is 1.75 bits per heavy atom. The van der Waals surface area contributed by atoms with Gasteiger partial charge in [0.2, 0.25) is 5.91 Å². The maximum atomic E-state index is 13.5. The van der Waals surface area contributed by atoms with Gasteiger partial charge in [-0.25, -0.2) is 0 Å². The Labute approximate surface area is 165 Å². The van der Waals surface area contributed by atoms with Crippen LogP contribution in [0.2, 0.25) is 0 Å². The molecule has 1 spiro atoms. The topological polar surface area (TPSA) is 60.9 Å². The van der Waals surface area contributed by atoms with Crippen LogP contribution in [0.1, 0.15) is 41.6 Å². The van der Waals surface area contributed by atoms with Crippen LogP contribution in [0.15, 0.2) is 54.6 Å². The molecule has 1 atom stereocenters. The van der Waals surface area contributed by atoms with E-state index in [2.05, 4.69) is 12.1 Å². The average molecular weight is 378 g/mol. The van der Waals surface area contributed by atoms with Crippen LogP contribution in [-0.2, 0) is 11.2 Å². The van der Waals surface area contributed by atoms with Gasteiger partial charge in [0.05, 0.1) is 0 Å². The van der Waals surface area contributed by atoms with Gasteiger partial charge < -0.3 is 14.9 Å². The Balaban J connectivity index is 1.53. The summed E-state index contributed by atoms with van der Waals surface area (Å²) in [5, 5.41) is 9.73. The van der Waals surface area contributed by atoms with Crippen LogP contribution in [0.5, 0.6) is 5.75 Å². The van der Waals surface area contributed by atoms with Crippen molar-refractivity contribution in [3.8, 4) is 5.75 Å². The average Bonchev–Trinajstić information content (AvgIpc) is 3.14. The van der Waals surface area contributed by atoms with Gasteiger partial charge in [-0.05, 0) is 55.9 Å². The number of aromatic hydroxyl groups is 1. The van der Waals surface area contributed by atoms with Crippen LogP contribution >= 0.6 is 0 Å². The fourth-order valence-electron chi connectivity index (χ4n) is 4.64. The molecule has 2 aromatic rings. The SMILES string of the molecule is O=C(c1cccc(O)c1)N1CCCC12CCCN(CCc1ccccc1)C2=O. The van der Waals surface area contributed by atoms with Crippen molar-refractivity contribution in [2.75, 3.05) is 19.6 Å². The predicted octanol–water partition coefficient (Wildman–Crippen LogP) is 3.23. The van der Waals surface area contributed by atoms with E-state index >= 15 is 0 Å².